The Morgan fingerprint density at radius 3 is 2.67 bits per heavy atom. The summed E-state index contributed by atoms with van der Waals surface area (Å²) >= 11 is 10.9. The lowest BCUT2D eigenvalue weighted by Gasteiger charge is -2.11. The minimum Gasteiger partial charge on any atom is -0.322 e. The Morgan fingerprint density at radius 2 is 2.11 bits per heavy atom. The predicted octanol–water partition coefficient (Wildman–Crippen LogP) is 3.02. The van der Waals surface area contributed by atoms with Crippen molar-refractivity contribution in [1.29, 1.82) is 0 Å². The molecule has 0 saturated heterocycles. The van der Waals surface area contributed by atoms with Crippen LogP contribution in [0.5, 0.6) is 0 Å². The second kappa shape index (κ2) is 6.06. The minimum atomic E-state index is -0.125. The van der Waals surface area contributed by atoms with Crippen LogP contribution in [0.3, 0.4) is 0 Å². The molecular formula is C11H12BrClN4S. The van der Waals surface area contributed by atoms with Gasteiger partial charge in [0.15, 0.2) is 4.60 Å². The maximum atomic E-state index is 6.14. The zero-order chi connectivity index (χ0) is 13.1. The molecule has 2 N–H and O–H groups in total. The third-order valence-corrected chi connectivity index (χ3v) is 4.37. The number of benzene rings is 1. The van der Waals surface area contributed by atoms with E-state index in [1.807, 2.05) is 31.3 Å². The van der Waals surface area contributed by atoms with E-state index in [4.69, 9.17) is 17.3 Å². The largest absolute Gasteiger partial charge is 0.322 e. The van der Waals surface area contributed by atoms with E-state index < -0.39 is 0 Å². The van der Waals surface area contributed by atoms with Crippen molar-refractivity contribution >= 4 is 39.3 Å². The van der Waals surface area contributed by atoms with Crippen LogP contribution in [0.1, 0.15) is 11.7 Å². The van der Waals surface area contributed by atoms with Gasteiger partial charge in [0.05, 0.1) is 11.7 Å². The van der Waals surface area contributed by atoms with Gasteiger partial charge in [-0.2, -0.15) is 0 Å². The molecule has 1 heterocycles. The van der Waals surface area contributed by atoms with Crippen molar-refractivity contribution in [3.8, 4) is 0 Å². The van der Waals surface area contributed by atoms with Gasteiger partial charge in [-0.05, 0) is 40.2 Å². The zero-order valence-electron chi connectivity index (χ0n) is 9.68. The maximum Gasteiger partial charge on any atom is 0.153 e. The zero-order valence-corrected chi connectivity index (χ0v) is 12.8. The van der Waals surface area contributed by atoms with Crippen molar-refractivity contribution in [3.63, 3.8) is 0 Å². The van der Waals surface area contributed by atoms with Gasteiger partial charge in [0.2, 0.25) is 0 Å². The van der Waals surface area contributed by atoms with Gasteiger partial charge in [0.25, 0.3) is 0 Å². The molecule has 1 unspecified atom stereocenters. The molecule has 0 radical (unpaired) electrons. The van der Waals surface area contributed by atoms with Crippen molar-refractivity contribution in [1.82, 2.24) is 15.0 Å². The molecule has 0 aliphatic carbocycles. The van der Waals surface area contributed by atoms with Crippen molar-refractivity contribution in [3.05, 3.63) is 39.6 Å². The van der Waals surface area contributed by atoms with Crippen LogP contribution in [0.2, 0.25) is 5.02 Å². The number of aryl methyl sites for hydroxylation is 1. The molecule has 1 aromatic carbocycles. The van der Waals surface area contributed by atoms with E-state index >= 15 is 0 Å². The van der Waals surface area contributed by atoms with Crippen LogP contribution in [-0.2, 0) is 7.05 Å². The van der Waals surface area contributed by atoms with E-state index in [2.05, 4.69) is 26.2 Å². The van der Waals surface area contributed by atoms with Crippen LogP contribution in [0.15, 0.2) is 33.8 Å². The highest BCUT2D eigenvalue weighted by atomic mass is 79.9. The van der Waals surface area contributed by atoms with Gasteiger partial charge in [-0.1, -0.05) is 16.8 Å². The number of hydrogen-bond acceptors (Lipinski definition) is 4. The fourth-order valence-electron chi connectivity index (χ4n) is 1.53. The standard InChI is InChI=1S/C11H12BrClN4S/c1-17-10(11(12)15-16-17)9(14)6-18-8-4-2-7(13)3-5-8/h2-5,9H,6,14H2,1H3. The number of aromatic nitrogens is 3. The lowest BCUT2D eigenvalue weighted by Crippen LogP contribution is -2.17. The predicted molar refractivity (Wildman–Crippen MR) is 77.8 cm³/mol. The Labute approximate surface area is 123 Å². The normalized spacial score (nSPS) is 12.7. The Bertz CT molecular complexity index is 509. The number of halogens is 2. The summed E-state index contributed by atoms with van der Waals surface area (Å²) in [5.74, 6) is 0.751. The number of rotatable bonds is 4. The van der Waals surface area contributed by atoms with Crippen LogP contribution in [0, 0.1) is 0 Å². The van der Waals surface area contributed by atoms with Gasteiger partial charge in [-0.15, -0.1) is 16.9 Å². The summed E-state index contributed by atoms with van der Waals surface area (Å²) < 4.78 is 2.39. The molecule has 0 aliphatic rings. The molecule has 2 rings (SSSR count). The molecule has 0 amide bonds. The van der Waals surface area contributed by atoms with Crippen LogP contribution in [0.25, 0.3) is 0 Å². The van der Waals surface area contributed by atoms with Gasteiger partial charge >= 0.3 is 0 Å². The van der Waals surface area contributed by atoms with E-state index in [-0.39, 0.29) is 6.04 Å². The van der Waals surface area contributed by atoms with Crippen molar-refractivity contribution in [2.24, 2.45) is 12.8 Å². The second-order valence-electron chi connectivity index (χ2n) is 3.76. The van der Waals surface area contributed by atoms with E-state index in [0.29, 0.717) is 4.60 Å². The highest BCUT2D eigenvalue weighted by Gasteiger charge is 2.16. The molecule has 0 bridgehead atoms. The first-order valence-corrected chi connectivity index (χ1v) is 7.42. The Kier molecular flexibility index (Phi) is 4.66. The lowest BCUT2D eigenvalue weighted by molar-refractivity contribution is 0.640. The molecule has 2 aromatic rings. The van der Waals surface area contributed by atoms with E-state index in [0.717, 1.165) is 21.4 Å². The molecule has 0 spiro atoms. The smallest absolute Gasteiger partial charge is 0.153 e. The molecule has 0 aliphatic heterocycles. The highest BCUT2D eigenvalue weighted by molar-refractivity contribution is 9.10. The second-order valence-corrected chi connectivity index (χ2v) is 6.04. The molecule has 0 saturated carbocycles. The number of thioether (sulfide) groups is 1. The summed E-state index contributed by atoms with van der Waals surface area (Å²) in [6.45, 7) is 0. The summed E-state index contributed by atoms with van der Waals surface area (Å²) in [5.41, 5.74) is 7.04. The van der Waals surface area contributed by atoms with E-state index in [9.17, 15) is 0 Å². The average molecular weight is 348 g/mol. The Hall–Kier alpha value is -0.560. The molecule has 18 heavy (non-hydrogen) atoms. The summed E-state index contributed by atoms with van der Waals surface area (Å²) in [7, 11) is 1.83. The first-order chi connectivity index (χ1) is 8.58. The first-order valence-electron chi connectivity index (χ1n) is 5.27. The summed E-state index contributed by atoms with van der Waals surface area (Å²) in [6, 6.07) is 7.58. The maximum absolute atomic E-state index is 6.14. The van der Waals surface area contributed by atoms with Gasteiger partial charge in [-0.3, -0.25) is 0 Å². The van der Waals surface area contributed by atoms with Crippen molar-refractivity contribution in [2.45, 2.75) is 10.9 Å². The molecule has 7 heteroatoms. The average Bonchev–Trinajstić information content (AvgIpc) is 2.68. The van der Waals surface area contributed by atoms with Crippen LogP contribution < -0.4 is 5.73 Å². The fourth-order valence-corrected chi connectivity index (χ4v) is 3.13. The minimum absolute atomic E-state index is 0.125. The van der Waals surface area contributed by atoms with Gasteiger partial charge in [0, 0.05) is 22.7 Å². The monoisotopic (exact) mass is 346 g/mol. The molecule has 4 nitrogen and oxygen atoms in total. The molecule has 0 fully saturated rings. The molecule has 1 atom stereocenters. The number of hydrogen-bond donors (Lipinski definition) is 1. The quantitative estimate of drug-likeness (QED) is 0.864. The third-order valence-electron chi connectivity index (χ3n) is 2.42. The Morgan fingerprint density at radius 1 is 1.44 bits per heavy atom. The summed E-state index contributed by atoms with van der Waals surface area (Å²) in [5, 5.41) is 8.58. The van der Waals surface area contributed by atoms with Crippen LogP contribution in [-0.4, -0.2) is 20.7 Å². The van der Waals surface area contributed by atoms with E-state index in [1.54, 1.807) is 16.4 Å². The number of nitrogens with two attached hydrogens (primary N) is 1. The first kappa shape index (κ1) is 13.9. The van der Waals surface area contributed by atoms with Gasteiger partial charge < -0.3 is 5.73 Å². The molecular weight excluding hydrogens is 336 g/mol. The molecule has 96 valence electrons. The van der Waals surface area contributed by atoms with Gasteiger partial charge in [0.1, 0.15) is 0 Å². The number of nitrogens with zero attached hydrogens (tertiary/aromatic N) is 3. The lowest BCUT2D eigenvalue weighted by atomic mass is 10.3. The topological polar surface area (TPSA) is 56.7 Å². The van der Waals surface area contributed by atoms with Crippen LogP contribution >= 0.6 is 39.3 Å². The fraction of sp³-hybridized carbons (Fsp3) is 0.273. The van der Waals surface area contributed by atoms with Crippen molar-refractivity contribution in [2.75, 3.05) is 5.75 Å². The van der Waals surface area contributed by atoms with Crippen molar-refractivity contribution < 1.29 is 0 Å². The van der Waals surface area contributed by atoms with Crippen LogP contribution in [0.4, 0.5) is 0 Å². The highest BCUT2D eigenvalue weighted by Crippen LogP contribution is 2.26. The molecule has 1 aromatic heterocycles. The van der Waals surface area contributed by atoms with Gasteiger partial charge in [-0.25, -0.2) is 4.68 Å². The van der Waals surface area contributed by atoms with E-state index in [1.165, 1.54) is 0 Å². The summed E-state index contributed by atoms with van der Waals surface area (Å²) in [4.78, 5) is 1.14. The SMILES string of the molecule is Cn1nnc(Br)c1C(N)CSc1ccc(Cl)cc1. The Balaban J connectivity index is 2.00. The third kappa shape index (κ3) is 3.26. The summed E-state index contributed by atoms with van der Waals surface area (Å²) in [6.07, 6.45) is 0.